The average molecular weight is 845 g/mol. The topological polar surface area (TPSA) is 118 Å². The van der Waals surface area contributed by atoms with Crippen LogP contribution in [0.1, 0.15) is 103 Å². The second-order valence-corrected chi connectivity index (χ2v) is 17.7. The number of nitrogens with one attached hydrogen (secondary N) is 1. The van der Waals surface area contributed by atoms with Crippen LogP contribution in [0.15, 0.2) is 54.2 Å². The lowest BCUT2D eigenvalue weighted by Gasteiger charge is -2.50. The Morgan fingerprint density at radius 3 is 2.40 bits per heavy atom. The number of carbonyl (C=O) groups is 2. The molecule has 0 bridgehead atoms. The molecule has 3 aromatic rings. The lowest BCUT2D eigenvalue weighted by molar-refractivity contribution is -0.160. The molecular weight excluding hydrogens is 799 g/mol. The van der Waals surface area contributed by atoms with E-state index in [2.05, 4.69) is 9.71 Å². The number of likely N-dealkylation sites (tertiary alicyclic amines) is 2. The molecular formula is C39H46F6N4O6S2. The van der Waals surface area contributed by atoms with Crippen molar-refractivity contribution < 1.29 is 53.8 Å². The molecule has 1 aromatic carbocycles. The summed E-state index contributed by atoms with van der Waals surface area (Å²) in [5, 5.41) is 0.875. The first-order chi connectivity index (χ1) is 27.0. The van der Waals surface area contributed by atoms with E-state index in [1.165, 1.54) is 4.90 Å². The molecule has 1 N–H and O–H groups in total. The number of unbranched alkanes of at least 4 members (excludes halogenated alkanes) is 1. The summed E-state index contributed by atoms with van der Waals surface area (Å²) in [5.74, 6) is -1.08. The molecule has 312 valence electrons. The number of halogens is 6. The Balaban J connectivity index is 1.20. The van der Waals surface area contributed by atoms with Crippen LogP contribution >= 0.6 is 11.3 Å². The van der Waals surface area contributed by atoms with E-state index < -0.39 is 61.8 Å². The molecule has 1 aliphatic carbocycles. The Morgan fingerprint density at radius 2 is 1.74 bits per heavy atom. The van der Waals surface area contributed by atoms with Gasteiger partial charge in [-0.15, -0.1) is 11.3 Å². The molecule has 57 heavy (non-hydrogen) atoms. The molecule has 10 nitrogen and oxygen atoms in total. The highest BCUT2D eigenvalue weighted by Crippen LogP contribution is 2.44. The molecule has 3 aliphatic rings. The second kappa shape index (κ2) is 17.5. The fraction of sp³-hybridized carbons (Fsp3) is 0.564. The van der Waals surface area contributed by atoms with Gasteiger partial charge in [0.1, 0.15) is 16.4 Å². The van der Waals surface area contributed by atoms with Crippen LogP contribution in [0.25, 0.3) is 0 Å². The minimum atomic E-state index is -4.87. The van der Waals surface area contributed by atoms with Crippen molar-refractivity contribution in [3.63, 3.8) is 0 Å². The van der Waals surface area contributed by atoms with Gasteiger partial charge in [0, 0.05) is 56.4 Å². The van der Waals surface area contributed by atoms with Gasteiger partial charge in [0.15, 0.2) is 0 Å². The van der Waals surface area contributed by atoms with Crippen molar-refractivity contribution in [2.45, 2.75) is 106 Å². The SMILES string of the molecule is CCCC1N(C(=O)c2cnccc2C(F)(F)F)CCCC1(Oc1csc(C(F)(F)F)c1)C(=O)N1CCC(c2ccccc2OCCCCNS(=O)(=O)C2CC2)CC1. The van der Waals surface area contributed by atoms with Crippen molar-refractivity contribution in [3.05, 3.63) is 75.7 Å². The number of hydrogen-bond donors (Lipinski definition) is 1. The van der Waals surface area contributed by atoms with E-state index in [0.717, 1.165) is 29.4 Å². The standard InChI is InChI=1S/C39H46F6N4O6S2/c1-2-8-33-37(55-27-23-34(56-25-27)39(43,44)45,16-7-19-49(33)35(50)30-24-46-18-13-31(30)38(40,41)42)36(51)48-20-14-26(15-21-48)29-9-3-4-10-32(29)54-22-6-5-17-47-57(52,53)28-11-12-28/h3-4,9-10,13,18,23-26,28,33,47H,2,5-8,11-12,14-17,19-22H2,1H3. The third-order valence-corrected chi connectivity index (χ3v) is 13.7. The maximum Gasteiger partial charge on any atom is 0.425 e. The number of aromatic nitrogens is 1. The summed E-state index contributed by atoms with van der Waals surface area (Å²) in [6.45, 7) is 2.98. The third kappa shape index (κ3) is 9.87. The highest BCUT2D eigenvalue weighted by molar-refractivity contribution is 7.90. The largest absolute Gasteiger partial charge is 0.493 e. The van der Waals surface area contributed by atoms with Gasteiger partial charge in [-0.2, -0.15) is 26.3 Å². The lowest BCUT2D eigenvalue weighted by atomic mass is 9.79. The van der Waals surface area contributed by atoms with E-state index in [4.69, 9.17) is 9.47 Å². The minimum absolute atomic E-state index is 0.000452. The van der Waals surface area contributed by atoms with Gasteiger partial charge < -0.3 is 19.3 Å². The third-order valence-electron chi connectivity index (χ3n) is 10.8. The number of alkyl halides is 6. The predicted molar refractivity (Wildman–Crippen MR) is 201 cm³/mol. The Bertz CT molecular complexity index is 1980. The van der Waals surface area contributed by atoms with Gasteiger partial charge in [-0.25, -0.2) is 13.1 Å². The molecule has 2 aromatic heterocycles. The highest BCUT2D eigenvalue weighted by atomic mass is 32.2. The van der Waals surface area contributed by atoms with Crippen LogP contribution < -0.4 is 14.2 Å². The van der Waals surface area contributed by atoms with Crippen LogP contribution in [0.3, 0.4) is 0 Å². The summed E-state index contributed by atoms with van der Waals surface area (Å²) in [7, 11) is -3.25. The average Bonchev–Trinajstić information content (AvgIpc) is 3.95. The van der Waals surface area contributed by atoms with Crippen molar-refractivity contribution in [1.29, 1.82) is 0 Å². The fourth-order valence-electron chi connectivity index (χ4n) is 7.83. The first-order valence-corrected chi connectivity index (χ1v) is 21.6. The van der Waals surface area contributed by atoms with Crippen LogP contribution in [0.2, 0.25) is 0 Å². The van der Waals surface area contributed by atoms with Gasteiger partial charge in [0.05, 0.1) is 29.0 Å². The Labute approximate surface area is 332 Å². The van der Waals surface area contributed by atoms with Crippen molar-refractivity contribution in [3.8, 4) is 11.5 Å². The number of piperidine rings is 2. The van der Waals surface area contributed by atoms with Crippen LogP contribution in [-0.4, -0.2) is 84.7 Å². The number of para-hydroxylation sites is 1. The number of benzene rings is 1. The Hall–Kier alpha value is -3.90. The number of hydrogen-bond acceptors (Lipinski definition) is 8. The Morgan fingerprint density at radius 1 is 1.00 bits per heavy atom. The highest BCUT2D eigenvalue weighted by Gasteiger charge is 2.56. The zero-order valence-corrected chi connectivity index (χ0v) is 33.0. The van der Waals surface area contributed by atoms with E-state index in [1.807, 2.05) is 24.3 Å². The molecule has 6 rings (SSSR count). The molecule has 0 radical (unpaired) electrons. The van der Waals surface area contributed by atoms with Crippen LogP contribution in [-0.2, 0) is 27.2 Å². The van der Waals surface area contributed by atoms with Gasteiger partial charge in [-0.1, -0.05) is 31.5 Å². The molecule has 2 saturated heterocycles. The molecule has 2 unspecified atom stereocenters. The first-order valence-electron chi connectivity index (χ1n) is 19.2. The summed E-state index contributed by atoms with van der Waals surface area (Å²) in [6.07, 6.45) is -3.45. The monoisotopic (exact) mass is 844 g/mol. The summed E-state index contributed by atoms with van der Waals surface area (Å²) >= 11 is 0.399. The first kappa shape index (κ1) is 42.7. The van der Waals surface area contributed by atoms with Crippen LogP contribution in [0.4, 0.5) is 26.3 Å². The summed E-state index contributed by atoms with van der Waals surface area (Å²) in [5.41, 5.74) is -2.83. The molecule has 2 amide bonds. The van der Waals surface area contributed by atoms with Gasteiger partial charge in [-0.05, 0) is 75.0 Å². The van der Waals surface area contributed by atoms with E-state index in [-0.39, 0.29) is 55.8 Å². The molecule has 4 heterocycles. The number of rotatable bonds is 15. The van der Waals surface area contributed by atoms with Crippen molar-refractivity contribution in [2.75, 3.05) is 32.8 Å². The maximum absolute atomic E-state index is 14.9. The number of pyridine rings is 1. The normalized spacial score (nSPS) is 21.1. The number of sulfonamides is 1. The van der Waals surface area contributed by atoms with Crippen LogP contribution in [0.5, 0.6) is 11.5 Å². The molecule has 2 atom stereocenters. The van der Waals surface area contributed by atoms with Crippen molar-refractivity contribution in [2.24, 2.45) is 0 Å². The maximum atomic E-state index is 14.9. The summed E-state index contributed by atoms with van der Waals surface area (Å²) in [4.78, 5) is 34.6. The predicted octanol–water partition coefficient (Wildman–Crippen LogP) is 8.05. The summed E-state index contributed by atoms with van der Waals surface area (Å²) < 4.78 is 123. The molecule has 1 saturated carbocycles. The second-order valence-electron chi connectivity index (χ2n) is 14.8. The number of carbonyl (C=O) groups excluding carboxylic acids is 2. The molecule has 2 aliphatic heterocycles. The minimum Gasteiger partial charge on any atom is -0.493 e. The van der Waals surface area contributed by atoms with E-state index in [1.54, 1.807) is 11.8 Å². The van der Waals surface area contributed by atoms with Gasteiger partial charge in [-0.3, -0.25) is 14.6 Å². The Kier molecular flexibility index (Phi) is 13.1. The number of nitrogens with zero attached hydrogens (tertiary/aromatic N) is 3. The zero-order chi connectivity index (χ0) is 41.0. The van der Waals surface area contributed by atoms with E-state index in [0.29, 0.717) is 81.3 Å². The molecule has 18 heteroatoms. The van der Waals surface area contributed by atoms with Gasteiger partial charge >= 0.3 is 12.4 Å². The van der Waals surface area contributed by atoms with Crippen molar-refractivity contribution >= 4 is 33.2 Å². The number of ether oxygens (including phenoxy) is 2. The number of thiophene rings is 1. The van der Waals surface area contributed by atoms with Gasteiger partial charge in [0.2, 0.25) is 15.6 Å². The van der Waals surface area contributed by atoms with Gasteiger partial charge in [0.25, 0.3) is 11.8 Å². The molecule has 0 spiro atoms. The summed E-state index contributed by atoms with van der Waals surface area (Å²) in [6, 6.07) is 7.96. The fourth-order valence-corrected chi connectivity index (χ4v) is 9.93. The van der Waals surface area contributed by atoms with Crippen molar-refractivity contribution in [1.82, 2.24) is 19.5 Å². The quantitative estimate of drug-likeness (QED) is 0.122. The smallest absolute Gasteiger partial charge is 0.425 e. The van der Waals surface area contributed by atoms with E-state index in [9.17, 15) is 44.3 Å². The number of amides is 2. The van der Waals surface area contributed by atoms with Crippen LogP contribution in [0, 0.1) is 0 Å². The zero-order valence-electron chi connectivity index (χ0n) is 31.4. The molecule has 3 fully saturated rings. The lowest BCUT2D eigenvalue weighted by Crippen LogP contribution is -2.68. The van der Waals surface area contributed by atoms with E-state index >= 15 is 0 Å².